The molecule has 0 bridgehead atoms. The van der Waals surface area contributed by atoms with Crippen LogP contribution in [0.3, 0.4) is 0 Å². The van der Waals surface area contributed by atoms with Crippen molar-refractivity contribution in [3.05, 3.63) is 128 Å². The van der Waals surface area contributed by atoms with Crippen molar-refractivity contribution in [2.45, 2.75) is 83.6 Å². The number of likely N-dealkylation sites (N-methyl/N-ethyl adjacent to an activating group) is 2. The zero-order valence-electron chi connectivity index (χ0n) is 40.4. The van der Waals surface area contributed by atoms with Crippen LogP contribution in [0.15, 0.2) is 66.7 Å². The molecule has 0 fully saturated rings. The summed E-state index contributed by atoms with van der Waals surface area (Å²) < 4.78 is 35.0. The molecule has 0 spiro atoms. The first-order valence-corrected chi connectivity index (χ1v) is 23.3. The quantitative estimate of drug-likeness (QED) is 0.0293. The van der Waals surface area contributed by atoms with Gasteiger partial charge in [-0.2, -0.15) is 0 Å². The summed E-state index contributed by atoms with van der Waals surface area (Å²) in [5.41, 5.74) is 9.83. The molecule has 0 saturated heterocycles. The fraction of sp³-hybridized carbons (Fsp3) is 0.472. The van der Waals surface area contributed by atoms with Gasteiger partial charge in [-0.1, -0.05) is 24.3 Å². The molecule has 0 aliphatic carbocycles. The molecule has 2 heterocycles. The number of nitrogens with zero attached hydrogens (tertiary/aromatic N) is 2. The standard InChI is InChI=1S/C53H70N2O13/c1-54(17-13-37-26-41(32-58)42(33-59)27-44(37)46(54)23-35-9-10-39(30-56)40(21-35)31-57)15-7-19-67-51(61)11-12-52(62)68-20-8-16-55(2)18-14-38-28-48(63-3)49(64-4)29-45(38)47(55)24-36-22-43(34-60)53(66-6)50(25-36)65-5/h9-12,21-22,25-29,46-47,56-60H,7-8,13-20,23-24,30-34H2,1-6H3/q+2. The molecule has 15 nitrogen and oxygen atoms in total. The van der Waals surface area contributed by atoms with Crippen LogP contribution in [-0.2, 0) is 77.8 Å². The predicted molar refractivity (Wildman–Crippen MR) is 254 cm³/mol. The summed E-state index contributed by atoms with van der Waals surface area (Å²) in [7, 11) is 10.8. The van der Waals surface area contributed by atoms with E-state index in [1.54, 1.807) is 28.4 Å². The molecule has 0 amide bonds. The number of fused-ring (bicyclic) bond motifs is 2. The summed E-state index contributed by atoms with van der Waals surface area (Å²) in [6.07, 6.45) is 6.13. The Balaban J connectivity index is 1.05. The highest BCUT2D eigenvalue weighted by Gasteiger charge is 2.41. The first kappa shape index (κ1) is 51.9. The summed E-state index contributed by atoms with van der Waals surface area (Å²) in [5.74, 6) is 1.06. The van der Waals surface area contributed by atoms with Crippen molar-refractivity contribution < 1.29 is 72.5 Å². The topological polar surface area (TPSA) is 191 Å². The molecule has 15 heteroatoms. The van der Waals surface area contributed by atoms with Crippen LogP contribution in [0.4, 0.5) is 0 Å². The highest BCUT2D eigenvalue weighted by atomic mass is 16.5. The number of aliphatic hydroxyl groups is 5. The van der Waals surface area contributed by atoms with Gasteiger partial charge in [0.05, 0.1) is 115 Å². The molecule has 4 atom stereocenters. The molecule has 2 aliphatic heterocycles. The summed E-state index contributed by atoms with van der Waals surface area (Å²) in [4.78, 5) is 25.6. The minimum Gasteiger partial charge on any atom is -0.493 e. The molecular formula is C53H70N2O13+2. The highest BCUT2D eigenvalue weighted by Crippen LogP contribution is 2.44. The van der Waals surface area contributed by atoms with Gasteiger partial charge in [0, 0.05) is 67.4 Å². The normalized spacial score (nSPS) is 19.8. The SMILES string of the molecule is COc1cc2c(cc1OC)C(Cc1cc(CO)c(OC)c(OC)c1)[N+](C)(CCCOC(=O)C=CC(=O)OCCC[N+]1(C)CCc3cc(CO)c(CO)cc3C1Cc1ccc(CO)c(CO)c1)CC2. The Morgan fingerprint density at radius 2 is 1.01 bits per heavy atom. The van der Waals surface area contributed by atoms with Gasteiger partial charge in [-0.3, -0.25) is 0 Å². The number of carbonyl (C=O) groups is 2. The Hall–Kier alpha value is -5.52. The molecule has 2 aliphatic rings. The van der Waals surface area contributed by atoms with Crippen LogP contribution in [-0.4, -0.2) is 128 Å². The van der Waals surface area contributed by atoms with Crippen LogP contribution in [0.2, 0.25) is 0 Å². The molecule has 6 rings (SSSR count). The van der Waals surface area contributed by atoms with Gasteiger partial charge in [0.1, 0.15) is 12.1 Å². The predicted octanol–water partition coefficient (Wildman–Crippen LogP) is 4.88. The summed E-state index contributed by atoms with van der Waals surface area (Å²) in [6.45, 7) is 2.33. The zero-order valence-corrected chi connectivity index (χ0v) is 40.4. The van der Waals surface area contributed by atoms with Gasteiger partial charge in [0.2, 0.25) is 0 Å². The lowest BCUT2D eigenvalue weighted by molar-refractivity contribution is -0.941. The van der Waals surface area contributed by atoms with E-state index in [0.717, 1.165) is 65.9 Å². The van der Waals surface area contributed by atoms with Gasteiger partial charge < -0.3 is 62.9 Å². The van der Waals surface area contributed by atoms with Crippen LogP contribution in [0.1, 0.15) is 86.1 Å². The number of hydrogen-bond acceptors (Lipinski definition) is 13. The Labute approximate surface area is 399 Å². The molecule has 4 unspecified atom stereocenters. The first-order valence-electron chi connectivity index (χ1n) is 23.3. The number of benzene rings is 4. The monoisotopic (exact) mass is 942 g/mol. The molecular weight excluding hydrogens is 873 g/mol. The lowest BCUT2D eigenvalue weighted by atomic mass is 9.83. The van der Waals surface area contributed by atoms with Crippen molar-refractivity contribution in [1.82, 2.24) is 0 Å². The van der Waals surface area contributed by atoms with Crippen LogP contribution >= 0.6 is 0 Å². The van der Waals surface area contributed by atoms with Crippen molar-refractivity contribution in [2.24, 2.45) is 0 Å². The Morgan fingerprint density at radius 1 is 0.544 bits per heavy atom. The van der Waals surface area contributed by atoms with Crippen LogP contribution < -0.4 is 18.9 Å². The number of aliphatic hydroxyl groups excluding tert-OH is 5. The van der Waals surface area contributed by atoms with E-state index in [4.69, 9.17) is 28.4 Å². The minimum atomic E-state index is -0.644. The van der Waals surface area contributed by atoms with Crippen molar-refractivity contribution in [2.75, 3.05) is 81.9 Å². The number of methoxy groups -OCH3 is 4. The number of quaternary nitrogens is 2. The zero-order chi connectivity index (χ0) is 49.0. The molecule has 0 radical (unpaired) electrons. The second-order valence-corrected chi connectivity index (χ2v) is 18.3. The number of carbonyl (C=O) groups excluding carboxylic acids is 2. The van der Waals surface area contributed by atoms with Crippen molar-refractivity contribution >= 4 is 11.9 Å². The van der Waals surface area contributed by atoms with E-state index in [1.807, 2.05) is 48.5 Å². The Bertz CT molecular complexity index is 2390. The van der Waals surface area contributed by atoms with E-state index in [0.29, 0.717) is 98.6 Å². The first-order chi connectivity index (χ1) is 32.8. The van der Waals surface area contributed by atoms with Crippen molar-refractivity contribution in [3.8, 4) is 23.0 Å². The van der Waals surface area contributed by atoms with Gasteiger partial charge in [-0.15, -0.1) is 0 Å². The third-order valence-electron chi connectivity index (χ3n) is 14.2. The molecule has 4 aromatic rings. The van der Waals surface area contributed by atoms with E-state index >= 15 is 0 Å². The fourth-order valence-electron chi connectivity index (χ4n) is 10.3. The highest BCUT2D eigenvalue weighted by molar-refractivity contribution is 5.91. The van der Waals surface area contributed by atoms with E-state index < -0.39 is 11.9 Å². The molecule has 0 saturated carbocycles. The minimum absolute atomic E-state index is 0.0289. The molecule has 5 N–H and O–H groups in total. The number of rotatable bonds is 23. The molecule has 368 valence electrons. The van der Waals surface area contributed by atoms with Crippen molar-refractivity contribution in [1.29, 1.82) is 0 Å². The third-order valence-corrected chi connectivity index (χ3v) is 14.2. The molecule has 0 aromatic heterocycles. The third kappa shape index (κ3) is 11.8. The van der Waals surface area contributed by atoms with Gasteiger partial charge in [0.25, 0.3) is 0 Å². The summed E-state index contributed by atoms with van der Waals surface area (Å²) in [6, 6.07) is 17.6. The number of ether oxygens (including phenoxy) is 6. The maximum absolute atomic E-state index is 12.8. The summed E-state index contributed by atoms with van der Waals surface area (Å²) >= 11 is 0. The van der Waals surface area contributed by atoms with Crippen LogP contribution in [0.5, 0.6) is 23.0 Å². The Morgan fingerprint density at radius 3 is 1.54 bits per heavy atom. The van der Waals surface area contributed by atoms with Gasteiger partial charge in [0.15, 0.2) is 23.0 Å². The summed E-state index contributed by atoms with van der Waals surface area (Å²) in [5, 5.41) is 50.2. The van der Waals surface area contributed by atoms with Gasteiger partial charge >= 0.3 is 11.9 Å². The van der Waals surface area contributed by atoms with E-state index in [9.17, 15) is 35.1 Å². The average molecular weight is 943 g/mol. The van der Waals surface area contributed by atoms with E-state index in [1.165, 1.54) is 5.56 Å². The number of hydrogen-bond donors (Lipinski definition) is 5. The van der Waals surface area contributed by atoms with Gasteiger partial charge in [-0.05, 0) is 74.8 Å². The maximum atomic E-state index is 12.8. The largest absolute Gasteiger partial charge is 0.493 e. The van der Waals surface area contributed by atoms with Crippen molar-refractivity contribution in [3.63, 3.8) is 0 Å². The fourth-order valence-corrected chi connectivity index (χ4v) is 10.3. The smallest absolute Gasteiger partial charge is 0.331 e. The second-order valence-electron chi connectivity index (χ2n) is 18.3. The second kappa shape index (κ2) is 23.7. The van der Waals surface area contributed by atoms with E-state index in [-0.39, 0.29) is 58.3 Å². The molecule has 68 heavy (non-hydrogen) atoms. The van der Waals surface area contributed by atoms with Crippen LogP contribution in [0, 0.1) is 0 Å². The maximum Gasteiger partial charge on any atom is 0.331 e. The molecule has 4 aromatic carbocycles. The Kier molecular flexibility index (Phi) is 18.0. The lowest BCUT2D eigenvalue weighted by Crippen LogP contribution is -2.52. The average Bonchev–Trinajstić information content (AvgIpc) is 3.36. The van der Waals surface area contributed by atoms with Gasteiger partial charge in [-0.25, -0.2) is 9.59 Å². The van der Waals surface area contributed by atoms with Crippen LogP contribution in [0.25, 0.3) is 0 Å². The number of esters is 2. The lowest BCUT2D eigenvalue weighted by Gasteiger charge is -2.46. The van der Waals surface area contributed by atoms with E-state index in [2.05, 4.69) is 20.2 Å².